The van der Waals surface area contributed by atoms with Crippen molar-refractivity contribution in [1.29, 1.82) is 0 Å². The normalized spacial score (nSPS) is 22.0. The first-order chi connectivity index (χ1) is 9.26. The number of carbonyl (C=O) groups excluding carboxylic acids is 1. The molecule has 2 heterocycles. The number of fused-ring (bicyclic) bond motifs is 3. The first kappa shape index (κ1) is 12.3. The second-order valence-corrected chi connectivity index (χ2v) is 4.85. The van der Waals surface area contributed by atoms with Gasteiger partial charge in [0.2, 0.25) is 0 Å². The Bertz CT molecular complexity index is 503. The van der Waals surface area contributed by atoms with E-state index in [0.29, 0.717) is 6.54 Å². The van der Waals surface area contributed by atoms with Crippen LogP contribution < -0.4 is 19.9 Å². The monoisotopic (exact) mass is 261 g/mol. The van der Waals surface area contributed by atoms with E-state index in [-0.39, 0.29) is 11.9 Å². The summed E-state index contributed by atoms with van der Waals surface area (Å²) in [5.74, 6) is 0.967. The summed E-state index contributed by atoms with van der Waals surface area (Å²) in [5, 5.41) is 3.30. The van der Waals surface area contributed by atoms with Crippen molar-refractivity contribution < 1.29 is 9.53 Å². The minimum Gasteiger partial charge on any atom is -0.497 e. The first-order valence-corrected chi connectivity index (χ1v) is 6.73. The number of hydrogen-bond acceptors (Lipinski definition) is 4. The van der Waals surface area contributed by atoms with Crippen LogP contribution in [0.5, 0.6) is 5.75 Å². The number of nitrogens with one attached hydrogen (secondary N) is 1. The molecule has 5 heteroatoms. The van der Waals surface area contributed by atoms with E-state index in [1.807, 2.05) is 24.0 Å². The van der Waals surface area contributed by atoms with Crippen LogP contribution >= 0.6 is 0 Å². The molecule has 2 aliphatic heterocycles. The fraction of sp³-hybridized carbons (Fsp3) is 0.500. The predicted octanol–water partition coefficient (Wildman–Crippen LogP) is 0.840. The third-order valence-electron chi connectivity index (χ3n) is 3.89. The largest absolute Gasteiger partial charge is 0.497 e. The number of ether oxygens (including phenoxy) is 1. The number of methoxy groups -OCH3 is 1. The first-order valence-electron chi connectivity index (χ1n) is 6.73. The Hall–Kier alpha value is -1.75. The summed E-state index contributed by atoms with van der Waals surface area (Å²) in [6, 6.07) is 5.90. The Morgan fingerprint density at radius 2 is 2.26 bits per heavy atom. The number of anilines is 2. The van der Waals surface area contributed by atoms with E-state index in [1.54, 1.807) is 7.11 Å². The molecule has 0 aliphatic carbocycles. The lowest BCUT2D eigenvalue weighted by atomic mass is 10.0. The third kappa shape index (κ3) is 1.85. The van der Waals surface area contributed by atoms with Gasteiger partial charge in [-0.1, -0.05) is 0 Å². The smallest absolute Gasteiger partial charge is 0.251 e. The second kappa shape index (κ2) is 4.74. The fourth-order valence-electron chi connectivity index (χ4n) is 2.93. The van der Waals surface area contributed by atoms with Gasteiger partial charge in [0.25, 0.3) is 5.91 Å². The summed E-state index contributed by atoms with van der Waals surface area (Å²) >= 11 is 0. The van der Waals surface area contributed by atoms with Crippen LogP contribution in [0.1, 0.15) is 6.92 Å². The topological polar surface area (TPSA) is 44.8 Å². The second-order valence-electron chi connectivity index (χ2n) is 4.85. The number of rotatable bonds is 2. The van der Waals surface area contributed by atoms with Gasteiger partial charge in [-0.15, -0.1) is 0 Å². The van der Waals surface area contributed by atoms with Crippen LogP contribution in [0.2, 0.25) is 0 Å². The molecule has 1 amide bonds. The Kier molecular flexibility index (Phi) is 3.06. The third-order valence-corrected chi connectivity index (χ3v) is 3.89. The maximum Gasteiger partial charge on any atom is 0.251 e. The molecule has 1 fully saturated rings. The Labute approximate surface area is 113 Å². The molecule has 0 saturated carbocycles. The van der Waals surface area contributed by atoms with E-state index in [1.165, 1.54) is 0 Å². The lowest BCUT2D eigenvalue weighted by molar-refractivity contribution is -0.120. The van der Waals surface area contributed by atoms with Crippen LogP contribution in [-0.2, 0) is 4.79 Å². The molecule has 102 valence electrons. The molecule has 1 saturated heterocycles. The summed E-state index contributed by atoms with van der Waals surface area (Å²) in [7, 11) is 1.65. The highest BCUT2D eigenvalue weighted by Gasteiger charge is 2.38. The van der Waals surface area contributed by atoms with Gasteiger partial charge in [0.1, 0.15) is 11.8 Å². The van der Waals surface area contributed by atoms with Crippen LogP contribution in [0.3, 0.4) is 0 Å². The van der Waals surface area contributed by atoms with Gasteiger partial charge < -0.3 is 19.9 Å². The summed E-state index contributed by atoms with van der Waals surface area (Å²) in [4.78, 5) is 16.6. The predicted molar refractivity (Wildman–Crippen MR) is 75.0 cm³/mol. The van der Waals surface area contributed by atoms with Crippen molar-refractivity contribution in [3.05, 3.63) is 18.2 Å². The molecule has 1 N–H and O–H groups in total. The molecule has 0 spiro atoms. The van der Waals surface area contributed by atoms with Gasteiger partial charge in [-0.3, -0.25) is 4.79 Å². The Morgan fingerprint density at radius 1 is 1.42 bits per heavy atom. The molecule has 5 nitrogen and oxygen atoms in total. The molecule has 1 aromatic rings. The molecule has 0 radical (unpaired) electrons. The van der Waals surface area contributed by atoms with E-state index in [9.17, 15) is 4.79 Å². The molecule has 0 bridgehead atoms. The van der Waals surface area contributed by atoms with Crippen molar-refractivity contribution >= 4 is 17.3 Å². The van der Waals surface area contributed by atoms with Gasteiger partial charge in [0, 0.05) is 32.2 Å². The summed E-state index contributed by atoms with van der Waals surface area (Å²) in [6.07, 6.45) is 0. The standard InChI is InChI=1S/C14H19N3O2/c1-3-16-12-8-10(19-2)4-5-11(12)17-7-6-15-9-13(17)14(16)18/h4-5,8,13,15H,3,6-7,9H2,1-2H3. The highest BCUT2D eigenvalue weighted by molar-refractivity contribution is 6.06. The zero-order valence-corrected chi connectivity index (χ0v) is 11.3. The van der Waals surface area contributed by atoms with Crippen LogP contribution in [0.25, 0.3) is 0 Å². The van der Waals surface area contributed by atoms with Crippen molar-refractivity contribution in [3.63, 3.8) is 0 Å². The molecule has 19 heavy (non-hydrogen) atoms. The van der Waals surface area contributed by atoms with Crippen molar-refractivity contribution in [2.24, 2.45) is 0 Å². The summed E-state index contributed by atoms with van der Waals surface area (Å²) < 4.78 is 5.28. The van der Waals surface area contributed by atoms with Gasteiger partial charge in [0.05, 0.1) is 18.5 Å². The van der Waals surface area contributed by atoms with Crippen LogP contribution in [-0.4, -0.2) is 45.2 Å². The summed E-state index contributed by atoms with van der Waals surface area (Å²) in [5.41, 5.74) is 2.10. The van der Waals surface area contributed by atoms with E-state index in [4.69, 9.17) is 4.74 Å². The Balaban J connectivity index is 2.10. The molecule has 1 atom stereocenters. The van der Waals surface area contributed by atoms with Crippen LogP contribution in [0.4, 0.5) is 11.4 Å². The van der Waals surface area contributed by atoms with Gasteiger partial charge in [-0.25, -0.2) is 0 Å². The van der Waals surface area contributed by atoms with Crippen molar-refractivity contribution in [3.8, 4) is 5.75 Å². The molecular formula is C14H19N3O2. The van der Waals surface area contributed by atoms with E-state index >= 15 is 0 Å². The lowest BCUT2D eigenvalue weighted by Crippen LogP contribution is -2.61. The quantitative estimate of drug-likeness (QED) is 0.857. The number of nitrogens with zero attached hydrogens (tertiary/aromatic N) is 2. The molecular weight excluding hydrogens is 242 g/mol. The van der Waals surface area contributed by atoms with Gasteiger partial charge >= 0.3 is 0 Å². The minimum absolute atomic E-state index is 0.0744. The lowest BCUT2D eigenvalue weighted by Gasteiger charge is -2.45. The molecule has 0 aromatic heterocycles. The van der Waals surface area contributed by atoms with Gasteiger partial charge in [-0.05, 0) is 19.1 Å². The van der Waals surface area contributed by atoms with Gasteiger partial charge in [-0.2, -0.15) is 0 Å². The van der Waals surface area contributed by atoms with Crippen LogP contribution in [0.15, 0.2) is 18.2 Å². The van der Waals surface area contributed by atoms with Crippen molar-refractivity contribution in [2.75, 3.05) is 43.1 Å². The van der Waals surface area contributed by atoms with Crippen molar-refractivity contribution in [1.82, 2.24) is 5.32 Å². The number of benzene rings is 1. The number of likely N-dealkylation sites (N-methyl/N-ethyl adjacent to an activating group) is 1. The zero-order valence-electron chi connectivity index (χ0n) is 11.3. The molecule has 2 aliphatic rings. The van der Waals surface area contributed by atoms with Gasteiger partial charge in [0.15, 0.2) is 0 Å². The fourth-order valence-corrected chi connectivity index (χ4v) is 2.93. The van der Waals surface area contributed by atoms with Crippen LogP contribution in [0, 0.1) is 0 Å². The molecule has 1 aromatic carbocycles. The number of piperazine rings is 1. The van der Waals surface area contributed by atoms with E-state index < -0.39 is 0 Å². The highest BCUT2D eigenvalue weighted by atomic mass is 16.5. The maximum atomic E-state index is 12.6. The molecule has 3 rings (SSSR count). The number of carbonyl (C=O) groups is 1. The SMILES string of the molecule is CCN1C(=O)C2CNCCN2c2ccc(OC)cc21. The van der Waals surface area contributed by atoms with Crippen molar-refractivity contribution in [2.45, 2.75) is 13.0 Å². The Morgan fingerprint density at radius 3 is 3.00 bits per heavy atom. The molecule has 1 unspecified atom stereocenters. The number of amides is 1. The van der Waals surface area contributed by atoms with E-state index in [2.05, 4.69) is 16.3 Å². The highest BCUT2D eigenvalue weighted by Crippen LogP contribution is 2.38. The summed E-state index contributed by atoms with van der Waals surface area (Å²) in [6.45, 7) is 5.20. The maximum absolute atomic E-state index is 12.6. The minimum atomic E-state index is -0.0744. The average Bonchev–Trinajstić information content (AvgIpc) is 2.47. The average molecular weight is 261 g/mol. The zero-order chi connectivity index (χ0) is 13.4. The van der Waals surface area contributed by atoms with E-state index in [0.717, 1.165) is 36.8 Å². The number of hydrogen-bond donors (Lipinski definition) is 1.